The largest absolute Gasteiger partial charge is 0.493 e. The van der Waals surface area contributed by atoms with Crippen LogP contribution in [0.4, 0.5) is 0 Å². The molecular formula is C12H18BrNO. The molecule has 0 aromatic heterocycles. The van der Waals surface area contributed by atoms with E-state index in [2.05, 4.69) is 35.1 Å². The van der Waals surface area contributed by atoms with Crippen LogP contribution >= 0.6 is 15.9 Å². The molecule has 0 aliphatic heterocycles. The van der Waals surface area contributed by atoms with Gasteiger partial charge < -0.3 is 10.1 Å². The number of hydrogen-bond donors (Lipinski definition) is 1. The topological polar surface area (TPSA) is 21.3 Å². The van der Waals surface area contributed by atoms with Crippen molar-refractivity contribution in [1.29, 1.82) is 0 Å². The first kappa shape index (κ1) is 12.5. The lowest BCUT2D eigenvalue weighted by Gasteiger charge is -2.13. The lowest BCUT2D eigenvalue weighted by Crippen LogP contribution is -2.24. The van der Waals surface area contributed by atoms with Crippen LogP contribution in [0.2, 0.25) is 0 Å². The summed E-state index contributed by atoms with van der Waals surface area (Å²) in [6, 6.07) is 7.93. The summed E-state index contributed by atoms with van der Waals surface area (Å²) in [5, 5.41) is 3.31. The van der Waals surface area contributed by atoms with Crippen molar-refractivity contribution in [3.05, 3.63) is 28.7 Å². The average Bonchev–Trinajstić information content (AvgIpc) is 2.25. The summed E-state index contributed by atoms with van der Waals surface area (Å²) in [7, 11) is 0. The molecule has 0 radical (unpaired) electrons. The van der Waals surface area contributed by atoms with Crippen molar-refractivity contribution in [2.24, 2.45) is 5.92 Å². The zero-order valence-electron chi connectivity index (χ0n) is 9.29. The quantitative estimate of drug-likeness (QED) is 0.859. The van der Waals surface area contributed by atoms with Crippen molar-refractivity contribution in [2.75, 3.05) is 19.7 Å². The highest BCUT2D eigenvalue weighted by molar-refractivity contribution is 9.10. The molecule has 84 valence electrons. The lowest BCUT2D eigenvalue weighted by atomic mass is 10.2. The highest BCUT2D eigenvalue weighted by Crippen LogP contribution is 2.16. The van der Waals surface area contributed by atoms with Gasteiger partial charge in [-0.1, -0.05) is 29.8 Å². The van der Waals surface area contributed by atoms with Gasteiger partial charge in [0.25, 0.3) is 0 Å². The first-order valence-electron chi connectivity index (χ1n) is 5.31. The van der Waals surface area contributed by atoms with E-state index < -0.39 is 0 Å². The minimum Gasteiger partial charge on any atom is -0.493 e. The van der Waals surface area contributed by atoms with Gasteiger partial charge in [0.05, 0.1) is 6.61 Å². The second-order valence-electron chi connectivity index (χ2n) is 3.68. The molecule has 0 saturated carbocycles. The normalized spacial score (nSPS) is 12.5. The zero-order valence-corrected chi connectivity index (χ0v) is 10.9. The molecule has 1 unspecified atom stereocenters. The molecule has 0 amide bonds. The average molecular weight is 272 g/mol. The Labute approximate surface area is 100 Å². The monoisotopic (exact) mass is 271 g/mol. The molecule has 0 aliphatic rings. The molecule has 2 nitrogen and oxygen atoms in total. The predicted octanol–water partition coefficient (Wildman–Crippen LogP) is 3.07. The molecule has 0 fully saturated rings. The summed E-state index contributed by atoms with van der Waals surface area (Å²) in [5.74, 6) is 1.47. The lowest BCUT2D eigenvalue weighted by molar-refractivity contribution is 0.256. The molecule has 0 saturated heterocycles. The fraction of sp³-hybridized carbons (Fsp3) is 0.500. The second-order valence-corrected chi connectivity index (χ2v) is 4.59. The molecule has 1 N–H and O–H groups in total. The molecule has 1 aromatic rings. The second kappa shape index (κ2) is 6.85. The third-order valence-electron chi connectivity index (χ3n) is 2.09. The molecule has 1 aromatic carbocycles. The number of nitrogens with one attached hydrogen (secondary N) is 1. The van der Waals surface area contributed by atoms with Crippen molar-refractivity contribution >= 4 is 15.9 Å². The minimum absolute atomic E-state index is 0.536. The van der Waals surface area contributed by atoms with E-state index in [9.17, 15) is 0 Å². The van der Waals surface area contributed by atoms with Crippen LogP contribution in [-0.4, -0.2) is 19.7 Å². The molecule has 0 heterocycles. The van der Waals surface area contributed by atoms with Gasteiger partial charge in [-0.25, -0.2) is 0 Å². The molecule has 3 heteroatoms. The summed E-state index contributed by atoms with van der Waals surface area (Å²) < 4.78 is 6.74. The first-order chi connectivity index (χ1) is 7.22. The van der Waals surface area contributed by atoms with Gasteiger partial charge in [0.2, 0.25) is 0 Å². The summed E-state index contributed by atoms with van der Waals surface area (Å²) in [5.41, 5.74) is 0. The Kier molecular flexibility index (Phi) is 5.73. The number of halogens is 1. The standard InChI is InChI=1S/C12H18BrNO/c1-3-14-8-10(2)9-15-12-6-4-11(13)5-7-12/h4-7,10,14H,3,8-9H2,1-2H3. The van der Waals surface area contributed by atoms with Gasteiger partial charge in [-0.15, -0.1) is 0 Å². The van der Waals surface area contributed by atoms with Crippen molar-refractivity contribution in [3.8, 4) is 5.75 Å². The van der Waals surface area contributed by atoms with E-state index in [0.29, 0.717) is 5.92 Å². The number of benzene rings is 1. The zero-order chi connectivity index (χ0) is 11.1. The Morgan fingerprint density at radius 3 is 2.60 bits per heavy atom. The Bertz CT molecular complexity index is 273. The van der Waals surface area contributed by atoms with Gasteiger partial charge >= 0.3 is 0 Å². The van der Waals surface area contributed by atoms with E-state index in [0.717, 1.165) is 29.9 Å². The highest BCUT2D eigenvalue weighted by atomic mass is 79.9. The first-order valence-corrected chi connectivity index (χ1v) is 6.10. The molecule has 15 heavy (non-hydrogen) atoms. The van der Waals surface area contributed by atoms with Crippen LogP contribution in [-0.2, 0) is 0 Å². The maximum atomic E-state index is 5.66. The van der Waals surface area contributed by atoms with Gasteiger partial charge in [0.1, 0.15) is 5.75 Å². The fourth-order valence-electron chi connectivity index (χ4n) is 1.22. The van der Waals surface area contributed by atoms with E-state index >= 15 is 0 Å². The van der Waals surface area contributed by atoms with Crippen LogP contribution in [0.1, 0.15) is 13.8 Å². The van der Waals surface area contributed by atoms with Gasteiger partial charge in [0, 0.05) is 16.9 Å². The van der Waals surface area contributed by atoms with E-state index in [1.165, 1.54) is 0 Å². The van der Waals surface area contributed by atoms with E-state index in [-0.39, 0.29) is 0 Å². The van der Waals surface area contributed by atoms with E-state index in [1.54, 1.807) is 0 Å². The number of hydrogen-bond acceptors (Lipinski definition) is 2. The smallest absolute Gasteiger partial charge is 0.119 e. The van der Waals surface area contributed by atoms with Crippen LogP contribution in [0.25, 0.3) is 0 Å². The molecule has 0 spiro atoms. The van der Waals surface area contributed by atoms with E-state index in [1.807, 2.05) is 24.3 Å². The fourth-order valence-corrected chi connectivity index (χ4v) is 1.48. The molecule has 1 atom stereocenters. The van der Waals surface area contributed by atoms with Crippen molar-refractivity contribution in [1.82, 2.24) is 5.32 Å². The molecular weight excluding hydrogens is 254 g/mol. The van der Waals surface area contributed by atoms with Crippen molar-refractivity contribution < 1.29 is 4.74 Å². The van der Waals surface area contributed by atoms with Crippen LogP contribution in [0.3, 0.4) is 0 Å². The maximum Gasteiger partial charge on any atom is 0.119 e. The van der Waals surface area contributed by atoms with Gasteiger partial charge in [-0.3, -0.25) is 0 Å². The molecule has 0 aliphatic carbocycles. The Hall–Kier alpha value is -0.540. The Morgan fingerprint density at radius 2 is 2.00 bits per heavy atom. The minimum atomic E-state index is 0.536. The van der Waals surface area contributed by atoms with Crippen LogP contribution in [0, 0.1) is 5.92 Å². The summed E-state index contributed by atoms with van der Waals surface area (Å²) >= 11 is 3.39. The summed E-state index contributed by atoms with van der Waals surface area (Å²) in [4.78, 5) is 0. The van der Waals surface area contributed by atoms with Gasteiger partial charge in [-0.05, 0) is 30.8 Å². The van der Waals surface area contributed by atoms with E-state index in [4.69, 9.17) is 4.74 Å². The van der Waals surface area contributed by atoms with Crippen molar-refractivity contribution in [2.45, 2.75) is 13.8 Å². The third-order valence-corrected chi connectivity index (χ3v) is 2.62. The molecule has 1 rings (SSSR count). The van der Waals surface area contributed by atoms with Crippen LogP contribution in [0.15, 0.2) is 28.7 Å². The number of rotatable bonds is 6. The predicted molar refractivity (Wildman–Crippen MR) is 67.3 cm³/mol. The van der Waals surface area contributed by atoms with Gasteiger partial charge in [0.15, 0.2) is 0 Å². The van der Waals surface area contributed by atoms with Crippen LogP contribution < -0.4 is 10.1 Å². The third kappa shape index (κ3) is 5.19. The Balaban J connectivity index is 2.27. The maximum absolute atomic E-state index is 5.66. The number of ether oxygens (including phenoxy) is 1. The molecule has 0 bridgehead atoms. The van der Waals surface area contributed by atoms with Crippen molar-refractivity contribution in [3.63, 3.8) is 0 Å². The SMILES string of the molecule is CCNCC(C)COc1ccc(Br)cc1. The highest BCUT2D eigenvalue weighted by Gasteiger charge is 2.02. The van der Waals surface area contributed by atoms with Gasteiger partial charge in [-0.2, -0.15) is 0 Å². The summed E-state index contributed by atoms with van der Waals surface area (Å²) in [6.07, 6.45) is 0. The summed E-state index contributed by atoms with van der Waals surface area (Å²) in [6.45, 7) is 7.08. The van der Waals surface area contributed by atoms with Crippen LogP contribution in [0.5, 0.6) is 5.75 Å². The Morgan fingerprint density at radius 1 is 1.33 bits per heavy atom.